The number of fused-ring (bicyclic) bond motifs is 1. The molecule has 1 heterocycles. The summed E-state index contributed by atoms with van der Waals surface area (Å²) < 4.78 is 56.3. The third kappa shape index (κ3) is 2.02. The molecule has 2 rings (SSSR count). The number of para-hydroxylation sites is 1. The van der Waals surface area contributed by atoms with Gasteiger partial charge in [0.05, 0.1) is 5.39 Å². The average molecular weight is 289 g/mol. The fourth-order valence-corrected chi connectivity index (χ4v) is 1.70. The summed E-state index contributed by atoms with van der Waals surface area (Å²) >= 11 is 0. The van der Waals surface area contributed by atoms with E-state index in [0.29, 0.717) is 0 Å². The van der Waals surface area contributed by atoms with Crippen LogP contribution in [0.5, 0.6) is 0 Å². The zero-order chi connectivity index (χ0) is 15.1. The van der Waals surface area contributed by atoms with Gasteiger partial charge in [-0.1, -0.05) is 12.1 Å². The lowest BCUT2D eigenvalue weighted by atomic mass is 10.1. The summed E-state index contributed by atoms with van der Waals surface area (Å²) in [6.45, 7) is 0. The quantitative estimate of drug-likeness (QED) is 0.881. The van der Waals surface area contributed by atoms with Gasteiger partial charge in [0.2, 0.25) is 5.43 Å². The van der Waals surface area contributed by atoms with Gasteiger partial charge in [0.25, 0.3) is 5.91 Å². The Bertz CT molecular complexity index is 739. The van der Waals surface area contributed by atoms with Crippen LogP contribution in [0.25, 0.3) is 11.0 Å². The number of hydrogen-bond donors (Lipinski definition) is 1. The highest BCUT2D eigenvalue weighted by Gasteiger charge is 2.49. The van der Waals surface area contributed by atoms with Crippen molar-refractivity contribution in [2.45, 2.75) is 12.3 Å². The molecule has 0 saturated carbocycles. The molecule has 2 aromatic rings. The first-order valence-corrected chi connectivity index (χ1v) is 5.29. The van der Waals surface area contributed by atoms with E-state index in [2.05, 4.69) is 4.42 Å². The highest BCUT2D eigenvalue weighted by Crippen LogP contribution is 2.36. The van der Waals surface area contributed by atoms with Crippen molar-refractivity contribution in [2.75, 3.05) is 0 Å². The number of benzene rings is 1. The molecule has 0 atom stereocenters. The van der Waals surface area contributed by atoms with Gasteiger partial charge in [-0.2, -0.15) is 8.78 Å². The second-order valence-electron chi connectivity index (χ2n) is 3.92. The first-order chi connectivity index (χ1) is 9.26. The molecule has 0 aliphatic carbocycles. The Balaban J connectivity index is 2.93. The van der Waals surface area contributed by atoms with Crippen molar-refractivity contribution in [1.29, 1.82) is 0 Å². The second-order valence-corrected chi connectivity index (χ2v) is 3.92. The van der Waals surface area contributed by atoms with E-state index in [9.17, 15) is 27.2 Å². The smallest absolute Gasteiger partial charge is 0.364 e. The number of carbonyl (C=O) groups excluding carboxylic acids is 1. The zero-order valence-electron chi connectivity index (χ0n) is 9.70. The van der Waals surface area contributed by atoms with Gasteiger partial charge in [0.1, 0.15) is 11.1 Å². The van der Waals surface area contributed by atoms with E-state index >= 15 is 0 Å². The molecular weight excluding hydrogens is 282 g/mol. The Labute approximate surface area is 108 Å². The molecular formula is C12H7F4NO3. The number of primary amides is 1. The monoisotopic (exact) mass is 289 g/mol. The van der Waals surface area contributed by atoms with Crippen molar-refractivity contribution >= 4 is 16.9 Å². The van der Waals surface area contributed by atoms with Crippen LogP contribution in [-0.4, -0.2) is 12.3 Å². The number of rotatable bonds is 3. The topological polar surface area (TPSA) is 73.3 Å². The van der Waals surface area contributed by atoms with E-state index in [4.69, 9.17) is 5.73 Å². The normalized spacial score (nSPS) is 12.1. The number of alkyl halides is 4. The van der Waals surface area contributed by atoms with E-state index in [1.807, 2.05) is 0 Å². The Morgan fingerprint density at radius 1 is 1.25 bits per heavy atom. The molecule has 8 heteroatoms. The number of hydrogen-bond acceptors (Lipinski definition) is 3. The Morgan fingerprint density at radius 3 is 2.40 bits per heavy atom. The van der Waals surface area contributed by atoms with E-state index in [0.717, 1.165) is 6.07 Å². The molecule has 106 valence electrons. The summed E-state index contributed by atoms with van der Waals surface area (Å²) in [7, 11) is 0. The molecule has 0 bridgehead atoms. The molecule has 0 saturated heterocycles. The summed E-state index contributed by atoms with van der Waals surface area (Å²) in [5.74, 6) is -8.07. The average Bonchev–Trinajstić information content (AvgIpc) is 2.37. The first-order valence-electron chi connectivity index (χ1n) is 5.29. The van der Waals surface area contributed by atoms with Crippen LogP contribution in [0.2, 0.25) is 0 Å². The Morgan fingerprint density at radius 2 is 1.85 bits per heavy atom. The molecule has 0 aliphatic rings. The molecule has 1 aromatic heterocycles. The minimum Gasteiger partial charge on any atom is -0.453 e. The lowest BCUT2D eigenvalue weighted by Crippen LogP contribution is -2.32. The summed E-state index contributed by atoms with van der Waals surface area (Å²) in [6.07, 6.45) is -4.15. The Hall–Kier alpha value is -2.38. The Kier molecular flexibility index (Phi) is 3.24. The summed E-state index contributed by atoms with van der Waals surface area (Å²) in [5.41, 5.74) is 2.05. The van der Waals surface area contributed by atoms with Gasteiger partial charge in [-0.15, -0.1) is 0 Å². The van der Waals surface area contributed by atoms with E-state index in [-0.39, 0.29) is 11.0 Å². The van der Waals surface area contributed by atoms with Crippen molar-refractivity contribution in [2.24, 2.45) is 5.73 Å². The van der Waals surface area contributed by atoms with Crippen LogP contribution in [0.3, 0.4) is 0 Å². The molecule has 0 aliphatic heterocycles. The molecule has 2 N–H and O–H groups in total. The van der Waals surface area contributed by atoms with E-state index < -0.39 is 35.0 Å². The number of carbonyl (C=O) groups is 1. The van der Waals surface area contributed by atoms with Gasteiger partial charge >= 0.3 is 12.3 Å². The van der Waals surface area contributed by atoms with Crippen LogP contribution in [-0.2, 0) is 5.92 Å². The predicted octanol–water partition coefficient (Wildman–Crippen LogP) is 2.25. The van der Waals surface area contributed by atoms with Crippen LogP contribution in [0, 0.1) is 0 Å². The highest BCUT2D eigenvalue weighted by molar-refractivity contribution is 5.97. The van der Waals surface area contributed by atoms with Crippen molar-refractivity contribution in [3.63, 3.8) is 0 Å². The van der Waals surface area contributed by atoms with Crippen molar-refractivity contribution in [1.82, 2.24) is 0 Å². The van der Waals surface area contributed by atoms with Crippen LogP contribution in [0.15, 0.2) is 33.5 Å². The van der Waals surface area contributed by atoms with Gasteiger partial charge in [0.15, 0.2) is 5.76 Å². The maximum absolute atomic E-state index is 13.4. The first kappa shape index (κ1) is 14.0. The number of halogens is 4. The summed E-state index contributed by atoms with van der Waals surface area (Å²) in [4.78, 5) is 23.1. The number of nitrogens with two attached hydrogens (primary N) is 1. The summed E-state index contributed by atoms with van der Waals surface area (Å²) in [6, 6.07) is 5.11. The maximum Gasteiger partial charge on any atom is 0.364 e. The van der Waals surface area contributed by atoms with Gasteiger partial charge in [-0.05, 0) is 12.1 Å². The third-order valence-electron chi connectivity index (χ3n) is 2.62. The largest absolute Gasteiger partial charge is 0.453 e. The molecule has 20 heavy (non-hydrogen) atoms. The lowest BCUT2D eigenvalue weighted by molar-refractivity contribution is -0.147. The standard InChI is InChI=1S/C12H7F4NO3/c13-11(14)12(15,16)9-7(10(17)19)8(18)5-3-1-2-4-6(5)20-9/h1-4,11H,(H2,17,19). The molecule has 0 spiro atoms. The van der Waals surface area contributed by atoms with Gasteiger partial charge in [-0.3, -0.25) is 9.59 Å². The van der Waals surface area contributed by atoms with E-state index in [1.165, 1.54) is 18.2 Å². The maximum atomic E-state index is 13.4. The molecule has 4 nitrogen and oxygen atoms in total. The van der Waals surface area contributed by atoms with Gasteiger partial charge in [-0.25, -0.2) is 8.78 Å². The summed E-state index contributed by atoms with van der Waals surface area (Å²) in [5, 5.41) is -0.199. The van der Waals surface area contributed by atoms with Crippen LogP contribution in [0.4, 0.5) is 17.6 Å². The van der Waals surface area contributed by atoms with Gasteiger partial charge < -0.3 is 10.2 Å². The van der Waals surface area contributed by atoms with Crippen LogP contribution < -0.4 is 11.2 Å². The minimum atomic E-state index is -4.80. The van der Waals surface area contributed by atoms with Crippen LogP contribution >= 0.6 is 0 Å². The van der Waals surface area contributed by atoms with Crippen molar-refractivity contribution in [3.05, 3.63) is 45.8 Å². The second kappa shape index (κ2) is 4.62. The minimum absolute atomic E-state index is 0.199. The SMILES string of the molecule is NC(=O)c1c(C(F)(F)C(F)F)oc2ccccc2c1=O. The highest BCUT2D eigenvalue weighted by atomic mass is 19.3. The third-order valence-corrected chi connectivity index (χ3v) is 2.62. The number of amides is 1. The van der Waals surface area contributed by atoms with Crippen LogP contribution in [0.1, 0.15) is 16.1 Å². The fraction of sp³-hybridized carbons (Fsp3) is 0.167. The van der Waals surface area contributed by atoms with E-state index in [1.54, 1.807) is 0 Å². The molecule has 1 aromatic carbocycles. The lowest BCUT2D eigenvalue weighted by Gasteiger charge is -2.16. The van der Waals surface area contributed by atoms with Crippen molar-refractivity contribution < 1.29 is 26.8 Å². The molecule has 1 amide bonds. The molecule has 0 unspecified atom stereocenters. The van der Waals surface area contributed by atoms with Gasteiger partial charge in [0, 0.05) is 0 Å². The molecule has 0 fully saturated rings. The zero-order valence-corrected chi connectivity index (χ0v) is 9.70. The fourth-order valence-electron chi connectivity index (χ4n) is 1.70. The predicted molar refractivity (Wildman–Crippen MR) is 60.9 cm³/mol. The van der Waals surface area contributed by atoms with Crippen molar-refractivity contribution in [3.8, 4) is 0 Å². The molecule has 0 radical (unpaired) electrons.